The third kappa shape index (κ3) is 2.24. The molecule has 0 saturated carbocycles. The van der Waals surface area contributed by atoms with Gasteiger partial charge in [-0.3, -0.25) is 10.1 Å². The fraction of sp³-hybridized carbons (Fsp3) is 0.455. The van der Waals surface area contributed by atoms with E-state index in [1.807, 2.05) is 6.07 Å². The summed E-state index contributed by atoms with van der Waals surface area (Å²) in [7, 11) is 0. The molecule has 2 heterocycles. The van der Waals surface area contributed by atoms with Crippen molar-refractivity contribution in [2.75, 3.05) is 18.0 Å². The van der Waals surface area contributed by atoms with Crippen molar-refractivity contribution in [2.24, 2.45) is 0 Å². The van der Waals surface area contributed by atoms with E-state index in [1.165, 1.54) is 12.3 Å². The van der Waals surface area contributed by atoms with Gasteiger partial charge in [0.1, 0.15) is 11.6 Å². The molecular formula is C11H12N4O3. The first kappa shape index (κ1) is 12.3. The van der Waals surface area contributed by atoms with Crippen molar-refractivity contribution in [3.8, 4) is 6.07 Å². The van der Waals surface area contributed by atoms with Crippen molar-refractivity contribution in [3.63, 3.8) is 0 Å². The molecule has 2 rings (SSSR count). The molecule has 0 bridgehead atoms. The molecule has 1 aromatic heterocycles. The van der Waals surface area contributed by atoms with Crippen molar-refractivity contribution in [3.05, 3.63) is 27.9 Å². The van der Waals surface area contributed by atoms with Gasteiger partial charge >= 0.3 is 5.69 Å². The molecule has 18 heavy (non-hydrogen) atoms. The molecule has 1 aromatic rings. The van der Waals surface area contributed by atoms with Gasteiger partial charge in [0.05, 0.1) is 11.0 Å². The van der Waals surface area contributed by atoms with E-state index in [-0.39, 0.29) is 23.2 Å². The Bertz CT molecular complexity index is 504. The predicted molar refractivity (Wildman–Crippen MR) is 63.1 cm³/mol. The largest absolute Gasteiger partial charge is 0.393 e. The Labute approximate surface area is 103 Å². The van der Waals surface area contributed by atoms with E-state index in [9.17, 15) is 15.2 Å². The molecule has 94 valence electrons. The highest BCUT2D eigenvalue weighted by molar-refractivity contribution is 5.65. The van der Waals surface area contributed by atoms with Crippen LogP contribution in [0, 0.1) is 21.4 Å². The van der Waals surface area contributed by atoms with Crippen LogP contribution in [0.5, 0.6) is 0 Å². The predicted octanol–water partition coefficient (Wildman–Crippen LogP) is 0.823. The van der Waals surface area contributed by atoms with Gasteiger partial charge in [-0.2, -0.15) is 5.26 Å². The van der Waals surface area contributed by atoms with Crippen molar-refractivity contribution in [2.45, 2.75) is 18.9 Å². The van der Waals surface area contributed by atoms with Gasteiger partial charge in [0, 0.05) is 19.3 Å². The quantitative estimate of drug-likeness (QED) is 0.614. The summed E-state index contributed by atoms with van der Waals surface area (Å²) in [6, 6.07) is 3.14. The van der Waals surface area contributed by atoms with Gasteiger partial charge in [-0.05, 0) is 18.9 Å². The highest BCUT2D eigenvalue weighted by atomic mass is 16.6. The van der Waals surface area contributed by atoms with Gasteiger partial charge in [0.15, 0.2) is 0 Å². The molecule has 0 atom stereocenters. The number of nitrogens with zero attached hydrogens (tertiary/aromatic N) is 4. The minimum absolute atomic E-state index is 0.0103. The van der Waals surface area contributed by atoms with Gasteiger partial charge in [-0.1, -0.05) is 0 Å². The maximum atomic E-state index is 11.0. The lowest BCUT2D eigenvalue weighted by atomic mass is 10.1. The average Bonchev–Trinajstić information content (AvgIpc) is 2.38. The molecule has 0 amide bonds. The molecule has 1 aliphatic rings. The van der Waals surface area contributed by atoms with Crippen LogP contribution in [0.15, 0.2) is 12.3 Å². The molecule has 1 fully saturated rings. The smallest absolute Gasteiger partial charge is 0.329 e. The van der Waals surface area contributed by atoms with Gasteiger partial charge < -0.3 is 10.0 Å². The van der Waals surface area contributed by atoms with E-state index < -0.39 is 4.92 Å². The number of aliphatic hydroxyl groups is 1. The monoisotopic (exact) mass is 248 g/mol. The Hall–Kier alpha value is -2.20. The average molecular weight is 248 g/mol. The second-order valence-electron chi connectivity index (χ2n) is 4.12. The first-order valence-electron chi connectivity index (χ1n) is 5.60. The molecule has 0 unspecified atom stereocenters. The first-order chi connectivity index (χ1) is 8.63. The zero-order chi connectivity index (χ0) is 13.1. The first-order valence-corrected chi connectivity index (χ1v) is 5.60. The fourth-order valence-corrected chi connectivity index (χ4v) is 2.02. The number of rotatable bonds is 2. The van der Waals surface area contributed by atoms with Gasteiger partial charge in [0.25, 0.3) is 0 Å². The van der Waals surface area contributed by atoms with E-state index in [0.29, 0.717) is 25.9 Å². The summed E-state index contributed by atoms with van der Waals surface area (Å²) in [6.45, 7) is 1.01. The molecule has 0 aromatic carbocycles. The van der Waals surface area contributed by atoms with Crippen LogP contribution >= 0.6 is 0 Å². The number of hydrogen-bond donors (Lipinski definition) is 1. The summed E-state index contributed by atoms with van der Waals surface area (Å²) in [5.74, 6) is 0.214. The fourth-order valence-electron chi connectivity index (χ4n) is 2.02. The molecule has 7 nitrogen and oxygen atoms in total. The van der Waals surface area contributed by atoms with E-state index in [4.69, 9.17) is 5.26 Å². The van der Waals surface area contributed by atoms with E-state index in [1.54, 1.807) is 4.90 Å². The van der Waals surface area contributed by atoms with Crippen molar-refractivity contribution in [1.29, 1.82) is 5.26 Å². The minimum atomic E-state index is -0.577. The van der Waals surface area contributed by atoms with E-state index in [0.717, 1.165) is 0 Å². The molecular weight excluding hydrogens is 236 g/mol. The summed E-state index contributed by atoms with van der Waals surface area (Å²) in [5, 5.41) is 29.4. The summed E-state index contributed by atoms with van der Waals surface area (Å²) in [5.41, 5.74) is -0.243. The SMILES string of the molecule is N#Cc1ccnc(N2CCC(O)CC2)c1[N+](=O)[O-]. The second kappa shape index (κ2) is 4.98. The number of piperidine rings is 1. The third-order valence-electron chi connectivity index (χ3n) is 2.97. The number of pyridine rings is 1. The Morgan fingerprint density at radius 2 is 2.22 bits per heavy atom. The van der Waals surface area contributed by atoms with Crippen LogP contribution in [-0.4, -0.2) is 34.2 Å². The molecule has 1 saturated heterocycles. The highest BCUT2D eigenvalue weighted by Gasteiger charge is 2.28. The third-order valence-corrected chi connectivity index (χ3v) is 2.97. The van der Waals surface area contributed by atoms with Crippen LogP contribution in [0.2, 0.25) is 0 Å². The highest BCUT2D eigenvalue weighted by Crippen LogP contribution is 2.30. The molecule has 1 aliphatic heterocycles. The summed E-state index contributed by atoms with van der Waals surface area (Å²) >= 11 is 0. The van der Waals surface area contributed by atoms with Crippen molar-refractivity contribution >= 4 is 11.5 Å². The number of nitriles is 1. The molecule has 0 spiro atoms. The summed E-state index contributed by atoms with van der Waals surface area (Å²) in [4.78, 5) is 16.2. The summed E-state index contributed by atoms with van der Waals surface area (Å²) < 4.78 is 0. The van der Waals surface area contributed by atoms with Gasteiger partial charge in [-0.25, -0.2) is 4.98 Å². The zero-order valence-electron chi connectivity index (χ0n) is 9.61. The normalized spacial score (nSPS) is 16.3. The van der Waals surface area contributed by atoms with Crippen molar-refractivity contribution in [1.82, 2.24) is 4.98 Å². The van der Waals surface area contributed by atoms with E-state index >= 15 is 0 Å². The lowest BCUT2D eigenvalue weighted by Gasteiger charge is -2.30. The zero-order valence-corrected chi connectivity index (χ0v) is 9.61. The summed E-state index contributed by atoms with van der Waals surface area (Å²) in [6.07, 6.45) is 2.14. The lowest BCUT2D eigenvalue weighted by molar-refractivity contribution is -0.384. The Morgan fingerprint density at radius 1 is 1.56 bits per heavy atom. The number of aromatic nitrogens is 1. The van der Waals surface area contributed by atoms with Crippen LogP contribution in [-0.2, 0) is 0 Å². The Kier molecular flexibility index (Phi) is 3.39. The van der Waals surface area contributed by atoms with Crippen LogP contribution in [0.1, 0.15) is 18.4 Å². The molecule has 0 aliphatic carbocycles. The lowest BCUT2D eigenvalue weighted by Crippen LogP contribution is -2.36. The topological polar surface area (TPSA) is 103 Å². The van der Waals surface area contributed by atoms with E-state index in [2.05, 4.69) is 4.98 Å². The Morgan fingerprint density at radius 3 is 2.78 bits per heavy atom. The maximum Gasteiger partial charge on any atom is 0.329 e. The molecule has 7 heteroatoms. The number of nitro groups is 1. The van der Waals surface area contributed by atoms with Crippen LogP contribution < -0.4 is 4.90 Å². The van der Waals surface area contributed by atoms with Gasteiger partial charge in [-0.15, -0.1) is 0 Å². The van der Waals surface area contributed by atoms with Crippen LogP contribution in [0.3, 0.4) is 0 Å². The van der Waals surface area contributed by atoms with Crippen molar-refractivity contribution < 1.29 is 10.0 Å². The van der Waals surface area contributed by atoms with Crippen LogP contribution in [0.4, 0.5) is 11.5 Å². The molecule has 0 radical (unpaired) electrons. The standard InChI is InChI=1S/C11H12N4O3/c12-7-8-1-4-13-11(10(8)15(17)18)14-5-2-9(16)3-6-14/h1,4,9,16H,2-3,5-6H2. The van der Waals surface area contributed by atoms with Gasteiger partial charge in [0.2, 0.25) is 5.82 Å². The minimum Gasteiger partial charge on any atom is -0.393 e. The number of aliphatic hydroxyl groups excluding tert-OH is 1. The number of hydrogen-bond acceptors (Lipinski definition) is 6. The Balaban J connectivity index is 2.39. The molecule has 1 N–H and O–H groups in total. The maximum absolute atomic E-state index is 11.0. The second-order valence-corrected chi connectivity index (χ2v) is 4.12. The number of anilines is 1. The van der Waals surface area contributed by atoms with Crippen LogP contribution in [0.25, 0.3) is 0 Å².